The molecule has 0 aromatic rings. The van der Waals surface area contributed by atoms with Crippen LogP contribution in [-0.4, -0.2) is 55.6 Å². The highest BCUT2D eigenvalue weighted by Crippen LogP contribution is 2.14. The van der Waals surface area contributed by atoms with Crippen molar-refractivity contribution in [1.29, 1.82) is 0 Å². The molecule has 0 bridgehead atoms. The van der Waals surface area contributed by atoms with Crippen molar-refractivity contribution in [1.82, 2.24) is 9.80 Å². The van der Waals surface area contributed by atoms with E-state index < -0.39 is 0 Å². The standard InChI is InChI=1S/C13H29N3/c1-4-5-12(14)6-11-16(3)13-7-9-15(2)10-8-13/h12-13H,4-11,14H2,1-3H3. The predicted molar refractivity (Wildman–Crippen MR) is 70.6 cm³/mol. The Kier molecular flexibility index (Phi) is 6.32. The summed E-state index contributed by atoms with van der Waals surface area (Å²) < 4.78 is 0. The van der Waals surface area contributed by atoms with Crippen molar-refractivity contribution in [3.63, 3.8) is 0 Å². The number of rotatable bonds is 6. The molecule has 1 fully saturated rings. The maximum absolute atomic E-state index is 6.05. The summed E-state index contributed by atoms with van der Waals surface area (Å²) in [6.45, 7) is 5.86. The second-order valence-electron chi connectivity index (χ2n) is 5.35. The van der Waals surface area contributed by atoms with Crippen LogP contribution in [0.15, 0.2) is 0 Å². The largest absolute Gasteiger partial charge is 0.328 e. The van der Waals surface area contributed by atoms with Crippen molar-refractivity contribution < 1.29 is 0 Å². The van der Waals surface area contributed by atoms with E-state index in [-0.39, 0.29) is 0 Å². The van der Waals surface area contributed by atoms with Crippen molar-refractivity contribution in [3.05, 3.63) is 0 Å². The Hall–Kier alpha value is -0.120. The first kappa shape index (κ1) is 13.9. The van der Waals surface area contributed by atoms with E-state index in [1.807, 2.05) is 0 Å². The molecule has 1 aliphatic heterocycles. The molecule has 16 heavy (non-hydrogen) atoms. The van der Waals surface area contributed by atoms with E-state index in [2.05, 4.69) is 30.8 Å². The van der Waals surface area contributed by atoms with Gasteiger partial charge in [0.25, 0.3) is 0 Å². The number of hydrogen-bond acceptors (Lipinski definition) is 3. The molecule has 3 nitrogen and oxygen atoms in total. The normalized spacial score (nSPS) is 21.6. The first-order chi connectivity index (χ1) is 7.63. The van der Waals surface area contributed by atoms with E-state index in [1.54, 1.807) is 0 Å². The monoisotopic (exact) mass is 227 g/mol. The number of nitrogens with zero attached hydrogens (tertiary/aromatic N) is 2. The third-order valence-corrected chi connectivity index (χ3v) is 3.82. The first-order valence-corrected chi connectivity index (χ1v) is 6.77. The fraction of sp³-hybridized carbons (Fsp3) is 1.00. The van der Waals surface area contributed by atoms with Crippen molar-refractivity contribution in [2.24, 2.45) is 5.73 Å². The molecule has 0 aromatic heterocycles. The zero-order valence-corrected chi connectivity index (χ0v) is 11.3. The fourth-order valence-corrected chi connectivity index (χ4v) is 2.50. The number of hydrogen-bond donors (Lipinski definition) is 1. The molecule has 0 aromatic carbocycles. The molecule has 1 unspecified atom stereocenters. The van der Waals surface area contributed by atoms with Gasteiger partial charge >= 0.3 is 0 Å². The van der Waals surface area contributed by atoms with Crippen LogP contribution in [0.25, 0.3) is 0 Å². The van der Waals surface area contributed by atoms with Gasteiger partial charge in [-0.3, -0.25) is 0 Å². The van der Waals surface area contributed by atoms with Gasteiger partial charge < -0.3 is 15.5 Å². The second-order valence-corrected chi connectivity index (χ2v) is 5.35. The minimum absolute atomic E-state index is 0.402. The minimum Gasteiger partial charge on any atom is -0.328 e. The smallest absolute Gasteiger partial charge is 0.0117 e. The van der Waals surface area contributed by atoms with Gasteiger partial charge in [-0.25, -0.2) is 0 Å². The lowest BCUT2D eigenvalue weighted by Crippen LogP contribution is -2.43. The molecule has 1 atom stereocenters. The van der Waals surface area contributed by atoms with E-state index in [9.17, 15) is 0 Å². The maximum Gasteiger partial charge on any atom is 0.0117 e. The molecule has 1 heterocycles. The molecule has 0 radical (unpaired) electrons. The van der Waals surface area contributed by atoms with E-state index in [0.717, 1.165) is 19.0 Å². The maximum atomic E-state index is 6.05. The molecule has 2 N–H and O–H groups in total. The third kappa shape index (κ3) is 4.81. The van der Waals surface area contributed by atoms with Gasteiger partial charge in [0.05, 0.1) is 0 Å². The van der Waals surface area contributed by atoms with Gasteiger partial charge in [0.15, 0.2) is 0 Å². The van der Waals surface area contributed by atoms with Gasteiger partial charge in [-0.2, -0.15) is 0 Å². The van der Waals surface area contributed by atoms with E-state index in [4.69, 9.17) is 5.73 Å². The molecule has 0 spiro atoms. The number of likely N-dealkylation sites (tertiary alicyclic amines) is 1. The van der Waals surface area contributed by atoms with Crippen LogP contribution >= 0.6 is 0 Å². The van der Waals surface area contributed by atoms with E-state index >= 15 is 0 Å². The van der Waals surface area contributed by atoms with Gasteiger partial charge in [0, 0.05) is 12.1 Å². The highest BCUT2D eigenvalue weighted by atomic mass is 15.2. The summed E-state index contributed by atoms with van der Waals surface area (Å²) in [4.78, 5) is 4.94. The van der Waals surface area contributed by atoms with Crippen LogP contribution in [0.5, 0.6) is 0 Å². The molecule has 1 saturated heterocycles. The van der Waals surface area contributed by atoms with Gasteiger partial charge in [0.1, 0.15) is 0 Å². The Labute approximate surface area is 101 Å². The molecule has 1 rings (SSSR count). The van der Waals surface area contributed by atoms with E-state index in [1.165, 1.54) is 38.8 Å². The average molecular weight is 227 g/mol. The lowest BCUT2D eigenvalue weighted by molar-refractivity contribution is 0.141. The number of piperidine rings is 1. The molecular weight excluding hydrogens is 198 g/mol. The summed E-state index contributed by atoms with van der Waals surface area (Å²) >= 11 is 0. The summed E-state index contributed by atoms with van der Waals surface area (Å²) in [5.41, 5.74) is 6.05. The summed E-state index contributed by atoms with van der Waals surface area (Å²) in [7, 11) is 4.47. The lowest BCUT2D eigenvalue weighted by Gasteiger charge is -2.35. The lowest BCUT2D eigenvalue weighted by atomic mass is 10.0. The van der Waals surface area contributed by atoms with Crippen molar-refractivity contribution in [2.75, 3.05) is 33.7 Å². The highest BCUT2D eigenvalue weighted by molar-refractivity contribution is 4.77. The minimum atomic E-state index is 0.402. The molecule has 0 amide bonds. The quantitative estimate of drug-likeness (QED) is 0.747. The van der Waals surface area contributed by atoms with Crippen LogP contribution in [0.2, 0.25) is 0 Å². The molecule has 96 valence electrons. The zero-order valence-electron chi connectivity index (χ0n) is 11.3. The molecule has 0 saturated carbocycles. The van der Waals surface area contributed by atoms with Crippen molar-refractivity contribution >= 4 is 0 Å². The first-order valence-electron chi connectivity index (χ1n) is 6.77. The Morgan fingerprint density at radius 3 is 2.50 bits per heavy atom. The summed E-state index contributed by atoms with van der Waals surface area (Å²) in [6.07, 6.45) is 6.16. The topological polar surface area (TPSA) is 32.5 Å². The SMILES string of the molecule is CCCC(N)CCN(C)C1CCN(C)CC1. The van der Waals surface area contributed by atoms with Gasteiger partial charge in [0.2, 0.25) is 0 Å². The van der Waals surface area contributed by atoms with Crippen LogP contribution in [0.1, 0.15) is 39.0 Å². The predicted octanol–water partition coefficient (Wildman–Crippen LogP) is 1.53. The van der Waals surface area contributed by atoms with Crippen LogP contribution < -0.4 is 5.73 Å². The Bertz CT molecular complexity index is 176. The average Bonchev–Trinajstić information content (AvgIpc) is 2.27. The summed E-state index contributed by atoms with van der Waals surface area (Å²) in [6, 6.07) is 1.18. The van der Waals surface area contributed by atoms with Crippen molar-refractivity contribution in [3.8, 4) is 0 Å². The molecule has 3 heteroatoms. The van der Waals surface area contributed by atoms with Crippen molar-refractivity contribution in [2.45, 2.75) is 51.1 Å². The Balaban J connectivity index is 2.16. The summed E-state index contributed by atoms with van der Waals surface area (Å²) in [5, 5.41) is 0. The highest BCUT2D eigenvalue weighted by Gasteiger charge is 2.20. The third-order valence-electron chi connectivity index (χ3n) is 3.82. The van der Waals surface area contributed by atoms with Gasteiger partial charge in [-0.05, 0) is 59.4 Å². The van der Waals surface area contributed by atoms with Crippen LogP contribution in [0.3, 0.4) is 0 Å². The molecular formula is C13H29N3. The Morgan fingerprint density at radius 2 is 1.94 bits per heavy atom. The molecule has 0 aliphatic carbocycles. The summed E-state index contributed by atoms with van der Waals surface area (Å²) in [5.74, 6) is 0. The van der Waals surface area contributed by atoms with Gasteiger partial charge in [-0.15, -0.1) is 0 Å². The van der Waals surface area contributed by atoms with E-state index in [0.29, 0.717) is 6.04 Å². The van der Waals surface area contributed by atoms with Gasteiger partial charge in [-0.1, -0.05) is 13.3 Å². The second kappa shape index (κ2) is 7.25. The molecule has 1 aliphatic rings. The fourth-order valence-electron chi connectivity index (χ4n) is 2.50. The Morgan fingerprint density at radius 1 is 1.31 bits per heavy atom. The van der Waals surface area contributed by atoms with Crippen LogP contribution in [-0.2, 0) is 0 Å². The van der Waals surface area contributed by atoms with Crippen LogP contribution in [0, 0.1) is 0 Å². The van der Waals surface area contributed by atoms with Crippen LogP contribution in [0.4, 0.5) is 0 Å². The number of nitrogens with two attached hydrogens (primary N) is 1. The zero-order chi connectivity index (χ0) is 12.0.